The third-order valence-corrected chi connectivity index (χ3v) is 3.68. The summed E-state index contributed by atoms with van der Waals surface area (Å²) in [6.45, 7) is 0. The summed E-state index contributed by atoms with van der Waals surface area (Å²) >= 11 is 11.8. The quantitative estimate of drug-likeness (QED) is 0.658. The zero-order valence-corrected chi connectivity index (χ0v) is 14.0. The van der Waals surface area contributed by atoms with Crippen molar-refractivity contribution in [3.8, 4) is 0 Å². The molecule has 0 fully saturated rings. The Kier molecular flexibility index (Phi) is 4.99. The van der Waals surface area contributed by atoms with Crippen LogP contribution in [0.25, 0.3) is 0 Å². The van der Waals surface area contributed by atoms with Crippen LogP contribution >= 0.6 is 23.2 Å². The van der Waals surface area contributed by atoms with Crippen molar-refractivity contribution in [1.82, 2.24) is 4.98 Å². The molecule has 24 heavy (non-hydrogen) atoms. The van der Waals surface area contributed by atoms with Crippen LogP contribution in [0.5, 0.6) is 0 Å². The van der Waals surface area contributed by atoms with Gasteiger partial charge in [0.05, 0.1) is 5.56 Å². The number of benzene rings is 2. The van der Waals surface area contributed by atoms with Gasteiger partial charge in [-0.05, 0) is 48.5 Å². The lowest BCUT2D eigenvalue weighted by molar-refractivity contribution is 0.102. The van der Waals surface area contributed by atoms with Gasteiger partial charge in [0.15, 0.2) is 0 Å². The van der Waals surface area contributed by atoms with E-state index in [1.54, 1.807) is 48.5 Å². The Morgan fingerprint density at radius 3 is 2.17 bits per heavy atom. The van der Waals surface area contributed by atoms with E-state index >= 15 is 0 Å². The standard InChI is InChI=1S/C18H13Cl2N3O/c19-13-3-1-5-15(9-13)22-17-8-7-12(11-21-17)18(24)23-16-6-2-4-14(20)10-16/h1-11H,(H,21,22)(H,23,24). The third kappa shape index (κ3) is 4.25. The van der Waals surface area contributed by atoms with Gasteiger partial charge in [-0.15, -0.1) is 0 Å². The number of anilines is 3. The molecule has 0 aliphatic rings. The lowest BCUT2D eigenvalue weighted by atomic mass is 10.2. The molecule has 120 valence electrons. The highest BCUT2D eigenvalue weighted by Gasteiger charge is 2.07. The fourth-order valence-corrected chi connectivity index (χ4v) is 2.47. The highest BCUT2D eigenvalue weighted by molar-refractivity contribution is 6.31. The number of amides is 1. The summed E-state index contributed by atoms with van der Waals surface area (Å²) in [7, 11) is 0. The summed E-state index contributed by atoms with van der Waals surface area (Å²) in [6, 6.07) is 17.7. The van der Waals surface area contributed by atoms with Crippen molar-refractivity contribution in [1.29, 1.82) is 0 Å². The second kappa shape index (κ2) is 7.34. The number of aromatic nitrogens is 1. The molecule has 0 aliphatic carbocycles. The molecule has 0 radical (unpaired) electrons. The number of pyridine rings is 1. The minimum Gasteiger partial charge on any atom is -0.340 e. The van der Waals surface area contributed by atoms with Crippen molar-refractivity contribution in [3.63, 3.8) is 0 Å². The first kappa shape index (κ1) is 16.3. The van der Waals surface area contributed by atoms with Crippen LogP contribution in [-0.4, -0.2) is 10.9 Å². The fourth-order valence-electron chi connectivity index (χ4n) is 2.09. The van der Waals surface area contributed by atoms with E-state index in [9.17, 15) is 4.79 Å². The van der Waals surface area contributed by atoms with Crippen molar-refractivity contribution in [2.75, 3.05) is 10.6 Å². The number of nitrogens with one attached hydrogen (secondary N) is 2. The van der Waals surface area contributed by atoms with Gasteiger partial charge in [-0.2, -0.15) is 0 Å². The van der Waals surface area contributed by atoms with Gasteiger partial charge in [-0.3, -0.25) is 4.79 Å². The lowest BCUT2D eigenvalue weighted by Crippen LogP contribution is -2.12. The first-order chi connectivity index (χ1) is 11.6. The average Bonchev–Trinajstić information content (AvgIpc) is 2.55. The van der Waals surface area contributed by atoms with Crippen molar-refractivity contribution in [2.45, 2.75) is 0 Å². The van der Waals surface area contributed by atoms with Crippen molar-refractivity contribution in [3.05, 3.63) is 82.5 Å². The van der Waals surface area contributed by atoms with Crippen LogP contribution in [-0.2, 0) is 0 Å². The van der Waals surface area contributed by atoms with Crippen LogP contribution in [0.4, 0.5) is 17.2 Å². The molecule has 1 heterocycles. The molecule has 6 heteroatoms. The molecule has 2 N–H and O–H groups in total. The van der Waals surface area contributed by atoms with Gasteiger partial charge in [-0.1, -0.05) is 35.3 Å². The number of hydrogen-bond donors (Lipinski definition) is 2. The summed E-state index contributed by atoms with van der Waals surface area (Å²) < 4.78 is 0. The maximum absolute atomic E-state index is 12.2. The van der Waals surface area contributed by atoms with Crippen LogP contribution < -0.4 is 10.6 Å². The van der Waals surface area contributed by atoms with E-state index in [-0.39, 0.29) is 5.91 Å². The summed E-state index contributed by atoms with van der Waals surface area (Å²) in [6.07, 6.45) is 1.51. The first-order valence-electron chi connectivity index (χ1n) is 7.16. The number of halogens is 2. The Morgan fingerprint density at radius 1 is 0.875 bits per heavy atom. The Bertz CT molecular complexity index is 866. The summed E-state index contributed by atoms with van der Waals surface area (Å²) in [5.74, 6) is 0.371. The molecule has 0 bridgehead atoms. The SMILES string of the molecule is O=C(Nc1cccc(Cl)c1)c1ccc(Nc2cccc(Cl)c2)nc1. The zero-order valence-electron chi connectivity index (χ0n) is 12.5. The van der Waals surface area contributed by atoms with E-state index < -0.39 is 0 Å². The monoisotopic (exact) mass is 357 g/mol. The molecule has 3 aromatic rings. The predicted molar refractivity (Wildman–Crippen MR) is 98.4 cm³/mol. The van der Waals surface area contributed by atoms with Gasteiger partial charge in [0.25, 0.3) is 5.91 Å². The van der Waals surface area contributed by atoms with Crippen LogP contribution in [0.15, 0.2) is 66.9 Å². The van der Waals surface area contributed by atoms with Gasteiger partial charge < -0.3 is 10.6 Å². The number of hydrogen-bond acceptors (Lipinski definition) is 3. The third-order valence-electron chi connectivity index (χ3n) is 3.21. The van der Waals surface area contributed by atoms with Crippen molar-refractivity contribution >= 4 is 46.3 Å². The highest BCUT2D eigenvalue weighted by atomic mass is 35.5. The second-order valence-corrected chi connectivity index (χ2v) is 5.90. The first-order valence-corrected chi connectivity index (χ1v) is 7.91. The van der Waals surface area contributed by atoms with Gasteiger partial charge in [0.2, 0.25) is 0 Å². The smallest absolute Gasteiger partial charge is 0.257 e. The minimum absolute atomic E-state index is 0.251. The molecule has 4 nitrogen and oxygen atoms in total. The second-order valence-electron chi connectivity index (χ2n) is 5.03. The fraction of sp³-hybridized carbons (Fsp3) is 0. The van der Waals surface area contributed by atoms with Crippen LogP contribution in [0, 0.1) is 0 Å². The normalized spacial score (nSPS) is 10.2. The van der Waals surface area contributed by atoms with Crippen LogP contribution in [0.3, 0.4) is 0 Å². The Morgan fingerprint density at radius 2 is 1.54 bits per heavy atom. The maximum atomic E-state index is 12.2. The zero-order chi connectivity index (χ0) is 16.9. The number of carbonyl (C=O) groups excluding carboxylic acids is 1. The van der Waals surface area contributed by atoms with E-state index in [2.05, 4.69) is 15.6 Å². The molecule has 0 aliphatic heterocycles. The topological polar surface area (TPSA) is 54.0 Å². The summed E-state index contributed by atoms with van der Waals surface area (Å²) in [4.78, 5) is 16.5. The van der Waals surface area contributed by atoms with E-state index in [4.69, 9.17) is 23.2 Å². The summed E-state index contributed by atoms with van der Waals surface area (Å²) in [5, 5.41) is 7.10. The Hall–Kier alpha value is -2.56. The molecule has 0 saturated carbocycles. The van der Waals surface area contributed by atoms with E-state index in [0.717, 1.165) is 5.69 Å². The number of nitrogens with zero attached hydrogens (tertiary/aromatic N) is 1. The lowest BCUT2D eigenvalue weighted by Gasteiger charge is -2.08. The average molecular weight is 358 g/mol. The molecular formula is C18H13Cl2N3O. The Balaban J connectivity index is 1.68. The molecule has 0 unspecified atom stereocenters. The number of carbonyl (C=O) groups is 1. The maximum Gasteiger partial charge on any atom is 0.257 e. The molecule has 3 rings (SSSR count). The van der Waals surface area contributed by atoms with Crippen molar-refractivity contribution in [2.24, 2.45) is 0 Å². The summed E-state index contributed by atoms with van der Waals surface area (Å²) in [5.41, 5.74) is 1.91. The van der Waals surface area contributed by atoms with Gasteiger partial charge >= 0.3 is 0 Å². The molecule has 1 amide bonds. The van der Waals surface area contributed by atoms with Gasteiger partial charge in [-0.25, -0.2) is 4.98 Å². The van der Waals surface area contributed by atoms with Gasteiger partial charge in [0, 0.05) is 27.6 Å². The molecule has 0 atom stereocenters. The molecular weight excluding hydrogens is 345 g/mol. The van der Waals surface area contributed by atoms with E-state index in [1.807, 2.05) is 12.1 Å². The molecule has 0 spiro atoms. The van der Waals surface area contributed by atoms with Crippen LogP contribution in [0.2, 0.25) is 10.0 Å². The molecule has 0 saturated heterocycles. The van der Waals surface area contributed by atoms with E-state index in [1.165, 1.54) is 6.20 Å². The van der Waals surface area contributed by atoms with Gasteiger partial charge in [0.1, 0.15) is 5.82 Å². The molecule has 1 aromatic heterocycles. The Labute approximate surface area is 149 Å². The van der Waals surface area contributed by atoms with Crippen LogP contribution in [0.1, 0.15) is 10.4 Å². The number of rotatable bonds is 4. The minimum atomic E-state index is -0.251. The predicted octanol–water partition coefficient (Wildman–Crippen LogP) is 5.38. The molecule has 2 aromatic carbocycles. The largest absolute Gasteiger partial charge is 0.340 e. The highest BCUT2D eigenvalue weighted by Crippen LogP contribution is 2.19. The van der Waals surface area contributed by atoms with Crippen molar-refractivity contribution < 1.29 is 4.79 Å². The van der Waals surface area contributed by atoms with E-state index in [0.29, 0.717) is 27.1 Å².